The zero-order valence-electron chi connectivity index (χ0n) is 83.4. The number of urea groups is 3. The summed E-state index contributed by atoms with van der Waals surface area (Å²) in [6.07, 6.45) is 39.6. The van der Waals surface area contributed by atoms with Crippen molar-refractivity contribution in [1.29, 1.82) is 0 Å². The van der Waals surface area contributed by atoms with Crippen molar-refractivity contribution in [2.24, 2.45) is 39.4 Å². The second-order valence-electron chi connectivity index (χ2n) is 39.6. The molecule has 20 heteroatoms. The average molecular weight is 1730 g/mol. The number of nitrogens with one attached hydrogen (secondary N) is 6. The molecule has 1 aromatic rings. The maximum Gasteiger partial charge on any atom is 0.407 e. The third kappa shape index (κ3) is 66.6. The summed E-state index contributed by atoms with van der Waals surface area (Å²) in [6.45, 7) is 64.0. The lowest BCUT2D eigenvalue weighted by Crippen LogP contribution is -2.56. The van der Waals surface area contributed by atoms with Crippen LogP contribution in [0, 0.1) is 46.3 Å². The normalized spacial score (nSPS) is 17.7. The topological polar surface area (TPSA) is 245 Å². The number of hydrogen-bond donors (Lipinski definition) is 8. The number of amides is 8. The van der Waals surface area contributed by atoms with Crippen molar-refractivity contribution in [2.45, 2.75) is 480 Å². The second-order valence-corrected chi connectivity index (χ2v) is 39.6. The molecule has 7 atom stereocenters. The highest BCUT2D eigenvalue weighted by atomic mass is 16.6. The lowest BCUT2D eigenvalue weighted by molar-refractivity contribution is 0.0620. The Morgan fingerprint density at radius 2 is 0.746 bits per heavy atom. The second kappa shape index (κ2) is 75.2. The van der Waals surface area contributed by atoms with E-state index in [0.717, 1.165) is 127 Å². The van der Waals surface area contributed by atoms with Crippen molar-refractivity contribution in [3.05, 3.63) is 37.3 Å². The van der Waals surface area contributed by atoms with Crippen LogP contribution in [0.15, 0.2) is 30.3 Å². The summed E-state index contributed by atoms with van der Waals surface area (Å²) in [7, 11) is 3.54. The van der Waals surface area contributed by atoms with Crippen LogP contribution in [0.5, 0.6) is 0 Å². The molecule has 0 radical (unpaired) electrons. The smallest absolute Gasteiger partial charge is 0.407 e. The van der Waals surface area contributed by atoms with E-state index in [0.29, 0.717) is 51.6 Å². The molecular formula is C102H206N9O11+. The summed E-state index contributed by atoms with van der Waals surface area (Å²) in [6, 6.07) is 11.5. The highest BCUT2D eigenvalue weighted by molar-refractivity contribution is 5.89. The van der Waals surface area contributed by atoms with Crippen LogP contribution in [0.25, 0.3) is 0 Å². The fraction of sp³-hybridized carbons (Fsp3) is 0.882. The molecular weight excluding hydrogens is 1530 g/mol. The number of carbonyl (C=O) groups is 5. The Labute approximate surface area is 755 Å². The van der Waals surface area contributed by atoms with Gasteiger partial charge in [0.25, 0.3) is 0 Å². The van der Waals surface area contributed by atoms with Gasteiger partial charge in [-0.15, -0.1) is 0 Å². The largest absolute Gasteiger partial charge is 0.450 e. The van der Waals surface area contributed by atoms with Gasteiger partial charge in [0.05, 0.1) is 20.1 Å². The number of carbonyl (C=O) groups excluding carboxylic acids is 5. The predicted molar refractivity (Wildman–Crippen MR) is 524 cm³/mol. The quantitative estimate of drug-likeness (QED) is 0.0224. The highest BCUT2D eigenvalue weighted by Gasteiger charge is 2.44. The SMILES string of the molecule is C.C.CC(C)N(C(=O)Nc1ccccc1)C(C)C.CC(C)NC(C)C.CCC(CCCCCO)CCCCCO.CCC(CCCCCOC)CCCCCOC(=O)NCC1(C)CC(NC(=O)OCCCCCC(CC)CCCCCOC)CC(C)(C)C1.CCCC.[CH2+]C(C)N(C(=O)NCC1(C)CC(NC(=O)N(C(C)C)C(C)C)CC(C)(C)C1)C(C)C. The zero-order chi connectivity index (χ0) is 91.7. The Hall–Kier alpha value is -4.76. The molecule has 0 saturated heterocycles. The molecule has 3 rings (SSSR count). The Morgan fingerprint density at radius 1 is 0.418 bits per heavy atom. The minimum absolute atomic E-state index is 0. The van der Waals surface area contributed by atoms with Crippen molar-refractivity contribution in [3.8, 4) is 0 Å². The van der Waals surface area contributed by atoms with E-state index in [1.165, 1.54) is 135 Å². The molecule has 2 fully saturated rings. The molecule has 20 nitrogen and oxygen atoms in total. The van der Waals surface area contributed by atoms with Crippen molar-refractivity contribution in [3.63, 3.8) is 0 Å². The van der Waals surface area contributed by atoms with Crippen molar-refractivity contribution < 1.29 is 53.1 Å². The van der Waals surface area contributed by atoms with Crippen LogP contribution >= 0.6 is 0 Å². The first-order valence-electron chi connectivity index (χ1n) is 48.5. The van der Waals surface area contributed by atoms with Gasteiger partial charge in [0.2, 0.25) is 0 Å². The van der Waals surface area contributed by atoms with Gasteiger partial charge in [-0.3, -0.25) is 4.90 Å². The van der Waals surface area contributed by atoms with E-state index in [4.69, 9.17) is 29.2 Å². The molecule has 2 aliphatic rings. The number of benzene rings is 1. The van der Waals surface area contributed by atoms with Gasteiger partial charge in [-0.2, -0.15) is 0 Å². The van der Waals surface area contributed by atoms with Crippen molar-refractivity contribution in [1.82, 2.24) is 41.3 Å². The fourth-order valence-electron chi connectivity index (χ4n) is 17.9. The van der Waals surface area contributed by atoms with E-state index in [1.54, 1.807) is 19.1 Å². The number of anilines is 1. The number of alkyl carbamates (subject to hydrolysis) is 2. The van der Waals surface area contributed by atoms with E-state index in [1.807, 2.05) is 116 Å². The molecule has 2 aliphatic carbocycles. The Kier molecular flexibility index (Phi) is 77.5. The average Bonchev–Trinajstić information content (AvgIpc) is 0.797. The maximum atomic E-state index is 13.0. The molecule has 1 aromatic carbocycles. The third-order valence-corrected chi connectivity index (χ3v) is 23.2. The molecule has 0 aliphatic heterocycles. The number of ether oxygens (including phenoxy) is 4. The van der Waals surface area contributed by atoms with Crippen LogP contribution in [-0.4, -0.2) is 183 Å². The summed E-state index contributed by atoms with van der Waals surface area (Å²) >= 11 is 0. The predicted octanol–water partition coefficient (Wildman–Crippen LogP) is 26.6. The van der Waals surface area contributed by atoms with Crippen molar-refractivity contribution >= 4 is 36.0 Å². The van der Waals surface area contributed by atoms with Crippen LogP contribution in [0.3, 0.4) is 0 Å². The lowest BCUT2D eigenvalue weighted by atomic mass is 9.62. The number of para-hydroxylation sites is 1. The van der Waals surface area contributed by atoms with Gasteiger partial charge in [-0.1, -0.05) is 285 Å². The molecule has 8 amide bonds. The summed E-state index contributed by atoms with van der Waals surface area (Å²) in [5.41, 5.74) is 0.767. The first-order valence-corrected chi connectivity index (χ1v) is 48.5. The van der Waals surface area contributed by atoms with E-state index in [9.17, 15) is 24.0 Å². The minimum atomic E-state index is -0.335. The van der Waals surface area contributed by atoms with Gasteiger partial charge in [-0.05, 0) is 205 Å². The lowest BCUT2D eigenvalue weighted by Gasteiger charge is -2.47. The number of unbranched alkanes of at least 4 members (excludes halogenated alkanes) is 13. The number of aliphatic hydroxyl groups is 2. The molecule has 0 bridgehead atoms. The summed E-state index contributed by atoms with van der Waals surface area (Å²) < 4.78 is 21.4. The van der Waals surface area contributed by atoms with E-state index < -0.39 is 0 Å². The van der Waals surface area contributed by atoms with Gasteiger partial charge in [-0.25, -0.2) is 24.0 Å². The Bertz CT molecular complexity index is 2570. The molecule has 2 saturated carbocycles. The minimum Gasteiger partial charge on any atom is -0.450 e. The summed E-state index contributed by atoms with van der Waals surface area (Å²) in [5.74, 6) is 2.47. The first kappa shape index (κ1) is 126. The molecule has 7 unspecified atom stereocenters. The molecule has 0 heterocycles. The zero-order valence-corrected chi connectivity index (χ0v) is 83.4. The van der Waals surface area contributed by atoms with Gasteiger partial charge in [0.1, 0.15) is 0 Å². The number of nitrogens with zero attached hydrogens (tertiary/aromatic N) is 3. The summed E-state index contributed by atoms with van der Waals surface area (Å²) in [5, 5.41) is 36.1. The number of rotatable bonds is 53. The number of aliphatic hydroxyl groups excluding tert-OH is 2. The van der Waals surface area contributed by atoms with Crippen molar-refractivity contribution in [2.75, 3.05) is 72.3 Å². The fourth-order valence-corrected chi connectivity index (χ4v) is 17.9. The van der Waals surface area contributed by atoms with Crippen LogP contribution < -0.4 is 31.9 Å². The van der Waals surface area contributed by atoms with E-state index in [-0.39, 0.29) is 115 Å². The maximum absolute atomic E-state index is 13.0. The standard InChI is InChI=1S/C40H78N2O6.C24H46N4O2.C13H20N2O.C13H28O2.C6H15N.C4H10.2CH4/c1-8-34(22-14-10-18-26-45-6)24-16-12-20-28-47-37(43)41-33-40(5)31-36(30-39(3,4)32-40)42-38(44)48-29-21-13-17-25-35(9-2)23-15-11-19-27-46-7;1-16(2)27(17(3)4)21(29)25-15-24(11)13-20(12-23(9,10)14-24)26-22(30)28(18(5)6)19(7)8;1-10(2)15(11(3)4)13(16)14-12-8-6-5-7-9-12;1-2-13(9-5-3-7-11-14)10-6-4-8-12-15;1-5(2)7-6(3)4;1-3-4-2;;/h34-36H,8-33H2,1-7H3,(H,41,43)(H,42,44);16-20H,1,12-15H2,2-11H3,(H-,25,26,29,30);5-11H,1-4H3,(H,14,16);13-15H,2-12H2,1H3;5-7H,1-4H3;3-4H2,1-2H3;2*1H4/p+1. The number of methoxy groups -OCH3 is 2. The van der Waals surface area contributed by atoms with Crippen LogP contribution in [0.1, 0.15) is 420 Å². The Balaban J connectivity index is -0.000000520. The van der Waals surface area contributed by atoms with Crippen LogP contribution in [0.4, 0.5) is 29.7 Å². The van der Waals surface area contributed by atoms with Crippen LogP contribution in [-0.2, 0) is 18.9 Å². The van der Waals surface area contributed by atoms with E-state index >= 15 is 0 Å². The van der Waals surface area contributed by atoms with E-state index in [2.05, 4.69) is 143 Å². The summed E-state index contributed by atoms with van der Waals surface area (Å²) in [4.78, 5) is 68.4. The molecule has 122 heavy (non-hydrogen) atoms. The van der Waals surface area contributed by atoms with Gasteiger partial charge < -0.3 is 70.9 Å². The Morgan fingerprint density at radius 3 is 1.06 bits per heavy atom. The highest BCUT2D eigenvalue weighted by Crippen LogP contribution is 2.47. The third-order valence-electron chi connectivity index (χ3n) is 23.2. The molecule has 0 aromatic heterocycles. The molecule has 0 spiro atoms. The number of hydrogen-bond acceptors (Lipinski definition) is 12. The molecule has 724 valence electrons. The van der Waals surface area contributed by atoms with Gasteiger partial charge >= 0.3 is 30.3 Å². The van der Waals surface area contributed by atoms with Gasteiger partial charge in [0.15, 0.2) is 6.04 Å². The van der Waals surface area contributed by atoms with Crippen LogP contribution in [0.2, 0.25) is 0 Å². The monoisotopic (exact) mass is 1730 g/mol. The first-order chi connectivity index (χ1) is 56.5. The van der Waals surface area contributed by atoms with Gasteiger partial charge in [0, 0.05) is 114 Å². The molecule has 8 N–H and O–H groups in total.